The van der Waals surface area contributed by atoms with Gasteiger partial charge in [0.25, 0.3) is 0 Å². The molecular weight excluding hydrogens is 434 g/mol. The number of primary amides is 1. The molecular formula is C21H37N5O7. The van der Waals surface area contributed by atoms with Gasteiger partial charge in [0.1, 0.15) is 31.2 Å². The largest absolute Gasteiger partial charge is 0.367 e. The van der Waals surface area contributed by atoms with Gasteiger partial charge in [0.05, 0.1) is 6.54 Å². The summed E-state index contributed by atoms with van der Waals surface area (Å²) in [6, 6.07) is -1.81. The van der Waals surface area contributed by atoms with E-state index in [1.165, 1.54) is 13.8 Å². The first-order valence-corrected chi connectivity index (χ1v) is 11.0. The van der Waals surface area contributed by atoms with E-state index in [1.807, 2.05) is 13.8 Å². The number of carbonyl (C=O) groups is 6. The van der Waals surface area contributed by atoms with Crippen LogP contribution in [0.25, 0.3) is 0 Å². The van der Waals surface area contributed by atoms with Gasteiger partial charge < -0.3 is 36.5 Å². The molecule has 0 aromatic carbocycles. The average Bonchev–Trinajstić information content (AvgIpc) is 2.76. The SMILES string of the molecule is CCC(C)CC(=O)NC(CCCC=O)C(=O)NCC(=O)NC(C)C(=O)NCOC(C)C(N)=O. The topological polar surface area (TPSA) is 186 Å². The Labute approximate surface area is 194 Å². The Morgan fingerprint density at radius 3 is 2.21 bits per heavy atom. The van der Waals surface area contributed by atoms with Crippen LogP contribution in [0.1, 0.15) is 59.8 Å². The molecule has 0 fully saturated rings. The van der Waals surface area contributed by atoms with Gasteiger partial charge in [0.2, 0.25) is 29.5 Å². The number of aldehydes is 1. The Kier molecular flexibility index (Phi) is 15.1. The molecule has 0 radical (unpaired) electrons. The molecule has 12 nitrogen and oxygen atoms in total. The summed E-state index contributed by atoms with van der Waals surface area (Å²) in [5.41, 5.74) is 5.04. The van der Waals surface area contributed by atoms with Gasteiger partial charge in [-0.25, -0.2) is 0 Å². The standard InChI is InChI=1S/C21H37N5O7/c1-5-13(2)10-17(28)26-16(8-6-7-9-27)21(32)23-11-18(29)25-14(3)20(31)24-12-33-15(4)19(22)30/h9,13-16H,5-8,10-12H2,1-4H3,(H2,22,30)(H,23,32)(H,24,31)(H,25,29)(H,26,28). The van der Waals surface area contributed by atoms with Gasteiger partial charge in [-0.15, -0.1) is 0 Å². The molecule has 0 rings (SSSR count). The van der Waals surface area contributed by atoms with Crippen molar-refractivity contribution in [3.63, 3.8) is 0 Å². The monoisotopic (exact) mass is 471 g/mol. The van der Waals surface area contributed by atoms with Crippen LogP contribution in [0, 0.1) is 5.92 Å². The number of rotatable bonds is 17. The van der Waals surface area contributed by atoms with Gasteiger partial charge in [0.15, 0.2) is 0 Å². The fourth-order valence-corrected chi connectivity index (χ4v) is 2.51. The predicted octanol–water partition coefficient (Wildman–Crippen LogP) is -1.14. The zero-order valence-electron chi connectivity index (χ0n) is 19.8. The second kappa shape index (κ2) is 16.6. The zero-order chi connectivity index (χ0) is 25.4. The number of nitrogens with one attached hydrogen (secondary N) is 4. The highest BCUT2D eigenvalue weighted by atomic mass is 16.5. The van der Waals surface area contributed by atoms with Crippen molar-refractivity contribution in [2.24, 2.45) is 11.7 Å². The van der Waals surface area contributed by atoms with Gasteiger partial charge in [-0.2, -0.15) is 0 Å². The lowest BCUT2D eigenvalue weighted by Crippen LogP contribution is -2.51. The lowest BCUT2D eigenvalue weighted by atomic mass is 10.0. The van der Waals surface area contributed by atoms with Crippen LogP contribution in [0.5, 0.6) is 0 Å². The molecule has 0 saturated heterocycles. The summed E-state index contributed by atoms with van der Waals surface area (Å²) >= 11 is 0. The van der Waals surface area contributed by atoms with E-state index < -0.39 is 48.4 Å². The number of nitrogens with two attached hydrogens (primary N) is 1. The van der Waals surface area contributed by atoms with E-state index in [0.717, 1.165) is 12.7 Å². The maximum absolute atomic E-state index is 12.5. The molecule has 0 bridgehead atoms. The molecule has 0 heterocycles. The van der Waals surface area contributed by atoms with Crippen LogP contribution in [0.15, 0.2) is 0 Å². The molecule has 0 aromatic heterocycles. The molecule has 5 amide bonds. The molecule has 0 spiro atoms. The maximum Gasteiger partial charge on any atom is 0.246 e. The van der Waals surface area contributed by atoms with Crippen molar-refractivity contribution in [2.75, 3.05) is 13.3 Å². The number of unbranched alkanes of at least 4 members (excludes halogenated alkanes) is 1. The van der Waals surface area contributed by atoms with Gasteiger partial charge in [0, 0.05) is 12.8 Å². The molecule has 12 heteroatoms. The van der Waals surface area contributed by atoms with E-state index in [9.17, 15) is 28.8 Å². The molecule has 188 valence electrons. The van der Waals surface area contributed by atoms with Gasteiger partial charge >= 0.3 is 0 Å². The number of amides is 5. The number of carbonyl (C=O) groups excluding carboxylic acids is 6. The van der Waals surface area contributed by atoms with Crippen LogP contribution >= 0.6 is 0 Å². The molecule has 4 atom stereocenters. The highest BCUT2D eigenvalue weighted by molar-refractivity contribution is 5.92. The summed E-state index contributed by atoms with van der Waals surface area (Å²) in [6.07, 6.45) is 1.85. The third kappa shape index (κ3) is 13.9. The third-order valence-corrected chi connectivity index (χ3v) is 4.87. The van der Waals surface area contributed by atoms with Crippen LogP contribution in [0.3, 0.4) is 0 Å². The first-order chi connectivity index (χ1) is 15.5. The normalized spacial score (nSPS) is 14.2. The summed E-state index contributed by atoms with van der Waals surface area (Å²) in [6.45, 7) is 6.08. The van der Waals surface area contributed by atoms with Crippen LogP contribution in [-0.4, -0.2) is 67.3 Å². The summed E-state index contributed by atoms with van der Waals surface area (Å²) in [5, 5.41) is 9.88. The number of hydrogen-bond donors (Lipinski definition) is 5. The van der Waals surface area contributed by atoms with E-state index in [0.29, 0.717) is 6.42 Å². The third-order valence-electron chi connectivity index (χ3n) is 4.87. The molecule has 6 N–H and O–H groups in total. The Balaban J connectivity index is 4.59. The van der Waals surface area contributed by atoms with Crippen molar-refractivity contribution < 1.29 is 33.5 Å². The molecule has 0 aromatic rings. The quantitative estimate of drug-likeness (QED) is 0.101. The van der Waals surface area contributed by atoms with Crippen molar-refractivity contribution >= 4 is 35.8 Å². The van der Waals surface area contributed by atoms with E-state index >= 15 is 0 Å². The lowest BCUT2D eigenvalue weighted by molar-refractivity contribution is -0.134. The maximum atomic E-state index is 12.5. The van der Waals surface area contributed by atoms with Crippen molar-refractivity contribution in [3.8, 4) is 0 Å². The van der Waals surface area contributed by atoms with Crippen LogP contribution in [0.4, 0.5) is 0 Å². The molecule has 0 aliphatic carbocycles. The first-order valence-electron chi connectivity index (χ1n) is 11.0. The molecule has 4 unspecified atom stereocenters. The first kappa shape index (κ1) is 30.0. The number of hydrogen-bond acceptors (Lipinski definition) is 7. The Hall–Kier alpha value is -3.02. The fraction of sp³-hybridized carbons (Fsp3) is 0.714. The summed E-state index contributed by atoms with van der Waals surface area (Å²) in [5.74, 6) is -2.53. The van der Waals surface area contributed by atoms with Crippen molar-refractivity contribution in [1.29, 1.82) is 0 Å². The highest BCUT2D eigenvalue weighted by Gasteiger charge is 2.22. The average molecular weight is 472 g/mol. The zero-order valence-corrected chi connectivity index (χ0v) is 19.8. The van der Waals surface area contributed by atoms with Gasteiger partial charge in [-0.1, -0.05) is 20.3 Å². The second-order valence-corrected chi connectivity index (χ2v) is 7.84. The van der Waals surface area contributed by atoms with Crippen LogP contribution < -0.4 is 27.0 Å². The molecule has 0 aliphatic heterocycles. The number of ether oxygens (including phenoxy) is 1. The van der Waals surface area contributed by atoms with E-state index in [4.69, 9.17) is 10.5 Å². The van der Waals surface area contributed by atoms with Crippen molar-refractivity contribution in [1.82, 2.24) is 21.3 Å². The van der Waals surface area contributed by atoms with Crippen molar-refractivity contribution in [3.05, 3.63) is 0 Å². The second-order valence-electron chi connectivity index (χ2n) is 7.84. The lowest BCUT2D eigenvalue weighted by Gasteiger charge is -2.20. The highest BCUT2D eigenvalue weighted by Crippen LogP contribution is 2.07. The van der Waals surface area contributed by atoms with Gasteiger partial charge in [-0.3, -0.25) is 24.0 Å². The van der Waals surface area contributed by atoms with Crippen molar-refractivity contribution in [2.45, 2.75) is 78.0 Å². The van der Waals surface area contributed by atoms with Crippen LogP contribution in [-0.2, 0) is 33.5 Å². The Morgan fingerprint density at radius 1 is 0.970 bits per heavy atom. The predicted molar refractivity (Wildman–Crippen MR) is 119 cm³/mol. The minimum Gasteiger partial charge on any atom is -0.367 e. The Bertz CT molecular complexity index is 686. The van der Waals surface area contributed by atoms with E-state index in [2.05, 4.69) is 21.3 Å². The van der Waals surface area contributed by atoms with E-state index in [1.54, 1.807) is 0 Å². The van der Waals surface area contributed by atoms with Gasteiger partial charge in [-0.05, 0) is 32.6 Å². The fourth-order valence-electron chi connectivity index (χ4n) is 2.51. The molecule has 0 aliphatic rings. The Morgan fingerprint density at radius 2 is 1.64 bits per heavy atom. The molecule has 0 saturated carbocycles. The van der Waals surface area contributed by atoms with E-state index in [-0.39, 0.29) is 37.8 Å². The summed E-state index contributed by atoms with van der Waals surface area (Å²) in [4.78, 5) is 70.2. The minimum atomic E-state index is -0.930. The minimum absolute atomic E-state index is 0.159. The van der Waals surface area contributed by atoms with Crippen LogP contribution in [0.2, 0.25) is 0 Å². The summed E-state index contributed by atoms with van der Waals surface area (Å²) < 4.78 is 5.01. The summed E-state index contributed by atoms with van der Waals surface area (Å²) in [7, 11) is 0. The molecule has 33 heavy (non-hydrogen) atoms. The smallest absolute Gasteiger partial charge is 0.246 e.